The molecule has 0 spiro atoms. The third kappa shape index (κ3) is 6.06. The largest absolute Gasteiger partial charge is 0.489 e. The van der Waals surface area contributed by atoms with Crippen LogP contribution in [0.2, 0.25) is 5.02 Å². The van der Waals surface area contributed by atoms with Gasteiger partial charge in [0.05, 0.1) is 0 Å². The Balaban J connectivity index is 1.83. The van der Waals surface area contributed by atoms with Gasteiger partial charge in [0, 0.05) is 24.7 Å². The van der Waals surface area contributed by atoms with Gasteiger partial charge in [-0.15, -0.1) is 0 Å². The molecule has 0 heterocycles. The highest BCUT2D eigenvalue weighted by Gasteiger charge is 1.99. The predicted octanol–water partition coefficient (Wildman–Crippen LogP) is 3.57. The SMILES string of the molecule is CN(C)CCNCc1cccc(OCc2cccc(Cl)c2)c1. The van der Waals surface area contributed by atoms with Gasteiger partial charge in [0.2, 0.25) is 0 Å². The Morgan fingerprint density at radius 2 is 1.82 bits per heavy atom. The average Bonchev–Trinajstić information content (AvgIpc) is 2.50. The van der Waals surface area contributed by atoms with Crippen molar-refractivity contribution in [2.75, 3.05) is 27.2 Å². The van der Waals surface area contributed by atoms with E-state index in [0.717, 1.165) is 36.0 Å². The number of hydrogen-bond donors (Lipinski definition) is 1. The Labute approximate surface area is 137 Å². The van der Waals surface area contributed by atoms with E-state index < -0.39 is 0 Å². The maximum absolute atomic E-state index is 5.98. The molecule has 3 nitrogen and oxygen atoms in total. The summed E-state index contributed by atoms with van der Waals surface area (Å²) in [5, 5.41) is 4.16. The standard InChI is InChI=1S/C18H23ClN2O/c1-21(2)10-9-20-13-15-5-4-8-18(12-15)22-14-16-6-3-7-17(19)11-16/h3-8,11-12,20H,9-10,13-14H2,1-2H3. The lowest BCUT2D eigenvalue weighted by atomic mass is 10.2. The highest BCUT2D eigenvalue weighted by Crippen LogP contribution is 2.17. The smallest absolute Gasteiger partial charge is 0.120 e. The molecule has 0 atom stereocenters. The molecule has 0 aromatic heterocycles. The number of hydrogen-bond acceptors (Lipinski definition) is 3. The molecule has 0 bridgehead atoms. The number of nitrogens with zero attached hydrogens (tertiary/aromatic N) is 1. The summed E-state index contributed by atoms with van der Waals surface area (Å²) in [5.74, 6) is 0.881. The Kier molecular flexibility index (Phi) is 6.72. The molecular formula is C18H23ClN2O. The van der Waals surface area contributed by atoms with Crippen molar-refractivity contribution in [3.05, 3.63) is 64.7 Å². The van der Waals surface area contributed by atoms with Crippen LogP contribution in [0.4, 0.5) is 0 Å². The van der Waals surface area contributed by atoms with E-state index in [1.807, 2.05) is 36.4 Å². The minimum absolute atomic E-state index is 0.526. The first-order valence-electron chi connectivity index (χ1n) is 7.45. The first-order valence-corrected chi connectivity index (χ1v) is 7.83. The second kappa shape index (κ2) is 8.79. The number of rotatable bonds is 8. The van der Waals surface area contributed by atoms with Gasteiger partial charge in [-0.3, -0.25) is 0 Å². The van der Waals surface area contributed by atoms with Crippen molar-refractivity contribution >= 4 is 11.6 Å². The van der Waals surface area contributed by atoms with Crippen LogP contribution in [0.3, 0.4) is 0 Å². The lowest BCUT2D eigenvalue weighted by Crippen LogP contribution is -2.26. The first-order chi connectivity index (χ1) is 10.6. The summed E-state index contributed by atoms with van der Waals surface area (Å²) in [6.07, 6.45) is 0. The van der Waals surface area contributed by atoms with Gasteiger partial charge in [0.1, 0.15) is 12.4 Å². The molecule has 2 rings (SSSR count). The highest BCUT2D eigenvalue weighted by atomic mass is 35.5. The summed E-state index contributed by atoms with van der Waals surface area (Å²) < 4.78 is 5.84. The fourth-order valence-electron chi connectivity index (χ4n) is 2.07. The number of nitrogens with one attached hydrogen (secondary N) is 1. The predicted molar refractivity (Wildman–Crippen MR) is 92.5 cm³/mol. The van der Waals surface area contributed by atoms with Crippen molar-refractivity contribution in [3.63, 3.8) is 0 Å². The molecule has 0 saturated heterocycles. The Hall–Kier alpha value is -1.55. The molecule has 4 heteroatoms. The lowest BCUT2D eigenvalue weighted by Gasteiger charge is -2.11. The number of halogens is 1. The van der Waals surface area contributed by atoms with Gasteiger partial charge in [-0.1, -0.05) is 35.9 Å². The maximum Gasteiger partial charge on any atom is 0.120 e. The van der Waals surface area contributed by atoms with Gasteiger partial charge in [-0.05, 0) is 49.5 Å². The Morgan fingerprint density at radius 3 is 2.59 bits per heavy atom. The van der Waals surface area contributed by atoms with E-state index in [1.165, 1.54) is 5.56 Å². The van der Waals surface area contributed by atoms with Crippen molar-refractivity contribution in [2.24, 2.45) is 0 Å². The van der Waals surface area contributed by atoms with Crippen LogP contribution >= 0.6 is 11.6 Å². The van der Waals surface area contributed by atoms with E-state index in [0.29, 0.717) is 6.61 Å². The third-order valence-corrected chi connectivity index (χ3v) is 3.49. The quantitative estimate of drug-likeness (QED) is 0.753. The minimum Gasteiger partial charge on any atom is -0.489 e. The molecule has 0 aliphatic heterocycles. The van der Waals surface area contributed by atoms with E-state index in [-0.39, 0.29) is 0 Å². The molecule has 0 aliphatic carbocycles. The van der Waals surface area contributed by atoms with Crippen LogP contribution < -0.4 is 10.1 Å². The minimum atomic E-state index is 0.526. The van der Waals surface area contributed by atoms with Crippen LogP contribution in [-0.2, 0) is 13.2 Å². The topological polar surface area (TPSA) is 24.5 Å². The van der Waals surface area contributed by atoms with Gasteiger partial charge in [0.15, 0.2) is 0 Å². The monoisotopic (exact) mass is 318 g/mol. The van der Waals surface area contributed by atoms with Crippen LogP contribution in [0.25, 0.3) is 0 Å². The summed E-state index contributed by atoms with van der Waals surface area (Å²) in [4.78, 5) is 2.16. The van der Waals surface area contributed by atoms with Crippen molar-refractivity contribution in [3.8, 4) is 5.75 Å². The van der Waals surface area contributed by atoms with Gasteiger partial charge < -0.3 is 15.0 Å². The van der Waals surface area contributed by atoms with Crippen LogP contribution in [0, 0.1) is 0 Å². The summed E-state index contributed by atoms with van der Waals surface area (Å²) in [7, 11) is 4.15. The van der Waals surface area contributed by atoms with E-state index in [4.69, 9.17) is 16.3 Å². The Morgan fingerprint density at radius 1 is 1.05 bits per heavy atom. The van der Waals surface area contributed by atoms with Crippen molar-refractivity contribution in [2.45, 2.75) is 13.2 Å². The third-order valence-electron chi connectivity index (χ3n) is 3.26. The van der Waals surface area contributed by atoms with E-state index >= 15 is 0 Å². The van der Waals surface area contributed by atoms with Crippen LogP contribution in [0.1, 0.15) is 11.1 Å². The van der Waals surface area contributed by atoms with Crippen LogP contribution in [0.5, 0.6) is 5.75 Å². The molecule has 0 saturated carbocycles. The second-order valence-corrected chi connectivity index (χ2v) is 5.98. The maximum atomic E-state index is 5.98. The molecule has 0 fully saturated rings. The fourth-order valence-corrected chi connectivity index (χ4v) is 2.29. The zero-order chi connectivity index (χ0) is 15.8. The van der Waals surface area contributed by atoms with Crippen molar-refractivity contribution < 1.29 is 4.74 Å². The van der Waals surface area contributed by atoms with Gasteiger partial charge in [-0.25, -0.2) is 0 Å². The average molecular weight is 319 g/mol. The Bertz CT molecular complexity index is 587. The highest BCUT2D eigenvalue weighted by molar-refractivity contribution is 6.30. The summed E-state index contributed by atoms with van der Waals surface area (Å²) in [5.41, 5.74) is 2.30. The van der Waals surface area contributed by atoms with Crippen LogP contribution in [0.15, 0.2) is 48.5 Å². The van der Waals surface area contributed by atoms with E-state index in [9.17, 15) is 0 Å². The summed E-state index contributed by atoms with van der Waals surface area (Å²) in [6.45, 7) is 3.38. The van der Waals surface area contributed by atoms with E-state index in [1.54, 1.807) is 0 Å². The van der Waals surface area contributed by atoms with Gasteiger partial charge in [-0.2, -0.15) is 0 Å². The van der Waals surface area contributed by atoms with Gasteiger partial charge >= 0.3 is 0 Å². The van der Waals surface area contributed by atoms with Crippen molar-refractivity contribution in [1.29, 1.82) is 0 Å². The molecule has 1 N–H and O–H groups in total. The lowest BCUT2D eigenvalue weighted by molar-refractivity contribution is 0.306. The molecule has 0 amide bonds. The normalized spacial score (nSPS) is 10.9. The number of ether oxygens (including phenoxy) is 1. The molecule has 22 heavy (non-hydrogen) atoms. The number of likely N-dealkylation sites (N-methyl/N-ethyl adjacent to an activating group) is 1. The van der Waals surface area contributed by atoms with Crippen molar-refractivity contribution in [1.82, 2.24) is 10.2 Å². The summed E-state index contributed by atoms with van der Waals surface area (Å²) >= 11 is 5.98. The molecule has 2 aromatic rings. The molecule has 0 radical (unpaired) electrons. The molecular weight excluding hydrogens is 296 g/mol. The fraction of sp³-hybridized carbons (Fsp3) is 0.333. The van der Waals surface area contributed by atoms with Crippen LogP contribution in [-0.4, -0.2) is 32.1 Å². The zero-order valence-electron chi connectivity index (χ0n) is 13.2. The first kappa shape index (κ1) is 16.8. The second-order valence-electron chi connectivity index (χ2n) is 5.55. The van der Waals surface area contributed by atoms with Gasteiger partial charge in [0.25, 0.3) is 0 Å². The number of benzene rings is 2. The molecule has 118 valence electrons. The molecule has 2 aromatic carbocycles. The van der Waals surface area contributed by atoms with E-state index in [2.05, 4.69) is 36.4 Å². The zero-order valence-corrected chi connectivity index (χ0v) is 13.9. The molecule has 0 aliphatic rings. The molecule has 0 unspecified atom stereocenters. The summed E-state index contributed by atoms with van der Waals surface area (Å²) in [6, 6.07) is 15.9.